The number of nitrogens with one attached hydrogen (secondary N) is 1. The number of benzene rings is 2. The van der Waals surface area contributed by atoms with E-state index >= 15 is 0 Å². The van der Waals surface area contributed by atoms with E-state index in [9.17, 15) is 9.59 Å². The molecule has 0 bridgehead atoms. The molecule has 7 heteroatoms. The van der Waals surface area contributed by atoms with Crippen molar-refractivity contribution in [2.24, 2.45) is 5.92 Å². The van der Waals surface area contributed by atoms with E-state index < -0.39 is 5.92 Å². The van der Waals surface area contributed by atoms with Gasteiger partial charge in [-0.25, -0.2) is 0 Å². The van der Waals surface area contributed by atoms with Gasteiger partial charge >= 0.3 is 0 Å². The molecule has 26 heavy (non-hydrogen) atoms. The Morgan fingerprint density at radius 1 is 1.15 bits per heavy atom. The second kappa shape index (κ2) is 7.59. The zero-order chi connectivity index (χ0) is 19.0. The molecular formula is C19H17BrCl2N2O2. The van der Waals surface area contributed by atoms with Gasteiger partial charge in [-0.3, -0.25) is 9.59 Å². The van der Waals surface area contributed by atoms with Crippen LogP contribution in [0.3, 0.4) is 0 Å². The van der Waals surface area contributed by atoms with E-state index in [4.69, 9.17) is 23.2 Å². The number of carbonyl (C=O) groups excluding carboxylic acids is 2. The molecule has 0 radical (unpaired) electrons. The van der Waals surface area contributed by atoms with Crippen molar-refractivity contribution < 1.29 is 9.59 Å². The molecule has 2 amide bonds. The van der Waals surface area contributed by atoms with Gasteiger partial charge in [0.2, 0.25) is 11.8 Å². The number of aryl methyl sites for hydroxylation is 2. The molecule has 3 rings (SSSR count). The number of halogens is 3. The Labute approximate surface area is 170 Å². The van der Waals surface area contributed by atoms with E-state index in [1.54, 1.807) is 17.0 Å². The second-order valence-corrected chi connectivity index (χ2v) is 8.08. The number of amides is 2. The first-order valence-electron chi connectivity index (χ1n) is 8.09. The summed E-state index contributed by atoms with van der Waals surface area (Å²) in [6, 6.07) is 9.02. The molecule has 0 saturated carbocycles. The number of hydrogen-bond acceptors (Lipinski definition) is 2. The number of anilines is 2. The molecule has 1 aliphatic rings. The topological polar surface area (TPSA) is 49.4 Å². The smallest absolute Gasteiger partial charge is 0.229 e. The molecule has 4 nitrogen and oxygen atoms in total. The summed E-state index contributed by atoms with van der Waals surface area (Å²) in [5.41, 5.74) is 3.19. The van der Waals surface area contributed by atoms with Gasteiger partial charge < -0.3 is 10.2 Å². The zero-order valence-corrected chi connectivity index (χ0v) is 17.4. The van der Waals surface area contributed by atoms with Crippen LogP contribution < -0.4 is 10.2 Å². The molecule has 0 aliphatic carbocycles. The van der Waals surface area contributed by atoms with Gasteiger partial charge in [0.25, 0.3) is 0 Å². The van der Waals surface area contributed by atoms with Crippen molar-refractivity contribution in [3.05, 3.63) is 56.0 Å². The number of nitrogens with zero attached hydrogens (tertiary/aromatic N) is 1. The van der Waals surface area contributed by atoms with Crippen LogP contribution in [0.4, 0.5) is 11.4 Å². The van der Waals surface area contributed by atoms with Gasteiger partial charge in [0, 0.05) is 33.8 Å². The van der Waals surface area contributed by atoms with Gasteiger partial charge in [0.15, 0.2) is 0 Å². The average Bonchev–Trinajstić information content (AvgIpc) is 2.97. The Hall–Kier alpha value is -1.56. The highest BCUT2D eigenvalue weighted by Gasteiger charge is 2.35. The molecule has 0 aromatic heterocycles. The van der Waals surface area contributed by atoms with Crippen LogP contribution in [0.5, 0.6) is 0 Å². The summed E-state index contributed by atoms with van der Waals surface area (Å²) in [7, 11) is 0. The highest BCUT2D eigenvalue weighted by atomic mass is 79.9. The van der Waals surface area contributed by atoms with Crippen molar-refractivity contribution in [3.8, 4) is 0 Å². The number of hydrogen-bond donors (Lipinski definition) is 1. The second-order valence-electron chi connectivity index (χ2n) is 6.41. The summed E-state index contributed by atoms with van der Waals surface area (Å²) >= 11 is 15.6. The molecule has 136 valence electrons. The van der Waals surface area contributed by atoms with E-state index in [-0.39, 0.29) is 18.2 Å². The lowest BCUT2D eigenvalue weighted by molar-refractivity contribution is -0.122. The summed E-state index contributed by atoms with van der Waals surface area (Å²) in [5, 5.41) is 4.00. The van der Waals surface area contributed by atoms with Crippen molar-refractivity contribution in [1.29, 1.82) is 0 Å². The first-order valence-corrected chi connectivity index (χ1v) is 9.64. The molecule has 1 aliphatic heterocycles. The summed E-state index contributed by atoms with van der Waals surface area (Å²) in [5.74, 6) is -0.708. The standard InChI is InChI=1S/C19H17BrCl2N2O2/c1-10-3-4-13(7-15(10)21)24-9-12(6-18(24)25)19(26)23-17-8-16(22)14(20)5-11(17)2/h3-5,7-8,12H,6,9H2,1-2H3,(H,23,26)/t12-/m1/s1. The van der Waals surface area contributed by atoms with Crippen LogP contribution >= 0.6 is 39.1 Å². The molecule has 1 atom stereocenters. The fraction of sp³-hybridized carbons (Fsp3) is 0.263. The van der Waals surface area contributed by atoms with Gasteiger partial charge in [-0.15, -0.1) is 0 Å². The van der Waals surface area contributed by atoms with Crippen molar-refractivity contribution in [1.82, 2.24) is 0 Å². The molecule has 0 spiro atoms. The van der Waals surface area contributed by atoms with Crippen LogP contribution in [0.15, 0.2) is 34.8 Å². The third kappa shape index (κ3) is 3.90. The van der Waals surface area contributed by atoms with Crippen LogP contribution in [-0.2, 0) is 9.59 Å². The molecular weight excluding hydrogens is 439 g/mol. The van der Waals surface area contributed by atoms with Crippen molar-refractivity contribution in [2.75, 3.05) is 16.8 Å². The van der Waals surface area contributed by atoms with E-state index in [0.29, 0.717) is 28.0 Å². The van der Waals surface area contributed by atoms with Crippen molar-refractivity contribution >= 4 is 62.3 Å². The van der Waals surface area contributed by atoms with Crippen LogP contribution in [0.1, 0.15) is 17.5 Å². The molecule has 0 unspecified atom stereocenters. The Kier molecular flexibility index (Phi) is 5.61. The first-order chi connectivity index (χ1) is 12.3. The Bertz CT molecular complexity index is 901. The predicted molar refractivity (Wildman–Crippen MR) is 109 cm³/mol. The first kappa shape index (κ1) is 19.2. The summed E-state index contributed by atoms with van der Waals surface area (Å²) in [6.07, 6.45) is 0.167. The number of rotatable bonds is 3. The highest BCUT2D eigenvalue weighted by molar-refractivity contribution is 9.10. The minimum absolute atomic E-state index is 0.0874. The van der Waals surface area contributed by atoms with E-state index in [2.05, 4.69) is 21.2 Å². The van der Waals surface area contributed by atoms with Gasteiger partial charge in [-0.1, -0.05) is 29.3 Å². The van der Waals surface area contributed by atoms with Gasteiger partial charge in [0.05, 0.1) is 10.9 Å². The molecule has 1 saturated heterocycles. The fourth-order valence-corrected chi connectivity index (χ4v) is 3.69. The molecule has 1 N–H and O–H groups in total. The average molecular weight is 456 g/mol. The highest BCUT2D eigenvalue weighted by Crippen LogP contribution is 2.31. The Morgan fingerprint density at radius 3 is 2.58 bits per heavy atom. The number of carbonyl (C=O) groups is 2. The maximum absolute atomic E-state index is 12.6. The SMILES string of the molecule is Cc1ccc(N2C[C@H](C(=O)Nc3cc(Cl)c(Br)cc3C)CC2=O)cc1Cl. The van der Waals surface area contributed by atoms with Gasteiger partial charge in [-0.2, -0.15) is 0 Å². The minimum Gasteiger partial charge on any atom is -0.325 e. The summed E-state index contributed by atoms with van der Waals surface area (Å²) < 4.78 is 0.771. The summed E-state index contributed by atoms with van der Waals surface area (Å²) in [6.45, 7) is 4.12. The quantitative estimate of drug-likeness (QED) is 0.676. The molecule has 1 heterocycles. The third-order valence-corrected chi connectivity index (χ3v) is 6.09. The predicted octanol–water partition coefficient (Wildman–Crippen LogP) is 5.36. The monoisotopic (exact) mass is 454 g/mol. The maximum atomic E-state index is 12.6. The minimum atomic E-state index is -0.426. The van der Waals surface area contributed by atoms with Gasteiger partial charge in [-0.05, 0) is 65.2 Å². The third-order valence-electron chi connectivity index (χ3n) is 4.49. The van der Waals surface area contributed by atoms with Crippen molar-refractivity contribution in [2.45, 2.75) is 20.3 Å². The van der Waals surface area contributed by atoms with Crippen LogP contribution in [0.2, 0.25) is 10.0 Å². The van der Waals surface area contributed by atoms with Crippen LogP contribution in [0.25, 0.3) is 0 Å². The Balaban J connectivity index is 1.75. The van der Waals surface area contributed by atoms with Gasteiger partial charge in [0.1, 0.15) is 0 Å². The van der Waals surface area contributed by atoms with Crippen LogP contribution in [0, 0.1) is 19.8 Å². The normalized spacial score (nSPS) is 16.9. The summed E-state index contributed by atoms with van der Waals surface area (Å²) in [4.78, 5) is 26.6. The fourth-order valence-electron chi connectivity index (χ4n) is 2.90. The lowest BCUT2D eigenvalue weighted by Crippen LogP contribution is -2.28. The largest absolute Gasteiger partial charge is 0.325 e. The van der Waals surface area contributed by atoms with E-state index in [1.165, 1.54) is 0 Å². The zero-order valence-electron chi connectivity index (χ0n) is 14.3. The van der Waals surface area contributed by atoms with Crippen LogP contribution in [-0.4, -0.2) is 18.4 Å². The molecule has 2 aromatic rings. The van der Waals surface area contributed by atoms with E-state index in [1.807, 2.05) is 32.0 Å². The lowest BCUT2D eigenvalue weighted by Gasteiger charge is -2.18. The lowest BCUT2D eigenvalue weighted by atomic mass is 10.1. The van der Waals surface area contributed by atoms with E-state index in [0.717, 1.165) is 15.6 Å². The van der Waals surface area contributed by atoms with Crippen molar-refractivity contribution in [3.63, 3.8) is 0 Å². The molecule has 1 fully saturated rings. The molecule has 2 aromatic carbocycles. The maximum Gasteiger partial charge on any atom is 0.229 e. The Morgan fingerprint density at radius 2 is 1.88 bits per heavy atom.